The van der Waals surface area contributed by atoms with Crippen LogP contribution in [0.2, 0.25) is 5.02 Å². The van der Waals surface area contributed by atoms with Crippen LogP contribution >= 0.6 is 11.6 Å². The van der Waals surface area contributed by atoms with Crippen molar-refractivity contribution in [3.8, 4) is 6.07 Å². The van der Waals surface area contributed by atoms with Crippen LogP contribution in [0.3, 0.4) is 0 Å². The van der Waals surface area contributed by atoms with Crippen LogP contribution in [0.4, 0.5) is 5.69 Å². The summed E-state index contributed by atoms with van der Waals surface area (Å²) in [7, 11) is 0. The molecule has 1 aliphatic rings. The molecule has 1 aliphatic heterocycles. The second-order valence-electron chi connectivity index (χ2n) is 7.39. The van der Waals surface area contributed by atoms with E-state index in [0.717, 1.165) is 6.42 Å². The largest absolute Gasteiger partial charge is 0.452 e. The molecular formula is C24H22ClN3O5. The van der Waals surface area contributed by atoms with Crippen LogP contribution in [0.1, 0.15) is 57.3 Å². The Morgan fingerprint density at radius 2 is 1.88 bits per heavy atom. The number of hydrogen-bond acceptors (Lipinski definition) is 6. The highest BCUT2D eigenvalue weighted by Gasteiger charge is 2.35. The van der Waals surface area contributed by atoms with E-state index >= 15 is 0 Å². The van der Waals surface area contributed by atoms with Crippen LogP contribution < -0.4 is 4.90 Å². The maximum atomic E-state index is 12.7. The summed E-state index contributed by atoms with van der Waals surface area (Å²) < 4.78 is 5.16. The van der Waals surface area contributed by atoms with E-state index in [9.17, 15) is 19.2 Å². The first-order valence-corrected chi connectivity index (χ1v) is 10.9. The van der Waals surface area contributed by atoms with Gasteiger partial charge in [0.15, 0.2) is 6.61 Å². The molecule has 0 bridgehead atoms. The van der Waals surface area contributed by atoms with E-state index in [1.807, 2.05) is 13.0 Å². The highest BCUT2D eigenvalue weighted by molar-refractivity contribution is 6.31. The molecule has 3 rings (SSSR count). The van der Waals surface area contributed by atoms with Gasteiger partial charge in [-0.15, -0.1) is 0 Å². The smallest absolute Gasteiger partial charge is 0.338 e. The van der Waals surface area contributed by atoms with Gasteiger partial charge in [-0.05, 0) is 42.8 Å². The third-order valence-corrected chi connectivity index (χ3v) is 5.37. The SMILES string of the molecule is CCCCN1C(=O)c2ccc(C(=O)OCC(=O)N(CCC#N)c3cccc(Cl)c3)cc2C1=O. The summed E-state index contributed by atoms with van der Waals surface area (Å²) in [6.07, 6.45) is 1.61. The van der Waals surface area contributed by atoms with Gasteiger partial charge < -0.3 is 9.64 Å². The second kappa shape index (κ2) is 10.7. The fraction of sp³-hybridized carbons (Fsp3) is 0.292. The number of esters is 1. The van der Waals surface area contributed by atoms with Crippen molar-refractivity contribution in [2.45, 2.75) is 26.2 Å². The predicted octanol–water partition coefficient (Wildman–Crippen LogP) is 3.84. The van der Waals surface area contributed by atoms with Gasteiger partial charge in [0, 0.05) is 23.8 Å². The van der Waals surface area contributed by atoms with Crippen LogP contribution in [0, 0.1) is 11.3 Å². The number of rotatable bonds is 9. The number of amides is 3. The zero-order valence-electron chi connectivity index (χ0n) is 18.0. The topological polar surface area (TPSA) is 108 Å². The van der Waals surface area contributed by atoms with Crippen molar-refractivity contribution in [2.75, 3.05) is 24.6 Å². The molecule has 0 aliphatic carbocycles. The molecule has 0 unspecified atom stereocenters. The van der Waals surface area contributed by atoms with E-state index in [4.69, 9.17) is 21.6 Å². The third-order valence-electron chi connectivity index (χ3n) is 5.14. The Kier molecular flexibility index (Phi) is 7.80. The summed E-state index contributed by atoms with van der Waals surface area (Å²) in [5.74, 6) is -2.16. The van der Waals surface area contributed by atoms with Gasteiger partial charge in [-0.3, -0.25) is 19.3 Å². The molecule has 0 radical (unpaired) electrons. The minimum atomic E-state index is -0.801. The molecule has 0 N–H and O–H groups in total. The van der Waals surface area contributed by atoms with Crippen molar-refractivity contribution < 1.29 is 23.9 Å². The maximum absolute atomic E-state index is 12.7. The molecule has 170 valence electrons. The van der Waals surface area contributed by atoms with Crippen molar-refractivity contribution in [2.24, 2.45) is 0 Å². The fourth-order valence-corrected chi connectivity index (χ4v) is 3.61. The van der Waals surface area contributed by atoms with Gasteiger partial charge in [0.1, 0.15) is 0 Å². The van der Waals surface area contributed by atoms with Crippen LogP contribution in [0.5, 0.6) is 0 Å². The van der Waals surface area contributed by atoms with Gasteiger partial charge in [-0.1, -0.05) is 31.0 Å². The Balaban J connectivity index is 1.70. The summed E-state index contributed by atoms with van der Waals surface area (Å²) in [5.41, 5.74) is 0.929. The third kappa shape index (κ3) is 5.38. The zero-order chi connectivity index (χ0) is 24.0. The van der Waals surface area contributed by atoms with E-state index in [0.29, 0.717) is 23.7 Å². The maximum Gasteiger partial charge on any atom is 0.338 e. The molecule has 33 heavy (non-hydrogen) atoms. The number of imide groups is 1. The summed E-state index contributed by atoms with van der Waals surface area (Å²) in [5, 5.41) is 9.32. The van der Waals surface area contributed by atoms with Crippen LogP contribution in [-0.2, 0) is 9.53 Å². The van der Waals surface area contributed by atoms with E-state index in [-0.39, 0.29) is 35.6 Å². The van der Waals surface area contributed by atoms with Crippen molar-refractivity contribution >= 4 is 41.0 Å². The zero-order valence-corrected chi connectivity index (χ0v) is 18.8. The number of ether oxygens (including phenoxy) is 1. The lowest BCUT2D eigenvalue weighted by molar-refractivity contribution is -0.121. The van der Waals surface area contributed by atoms with E-state index < -0.39 is 24.4 Å². The molecule has 0 atom stereocenters. The lowest BCUT2D eigenvalue weighted by Crippen LogP contribution is -2.35. The molecule has 1 heterocycles. The minimum absolute atomic E-state index is 0.0615. The van der Waals surface area contributed by atoms with Crippen molar-refractivity contribution in [3.63, 3.8) is 0 Å². The number of benzene rings is 2. The number of fused-ring (bicyclic) bond motifs is 1. The van der Waals surface area contributed by atoms with Gasteiger partial charge in [-0.2, -0.15) is 5.26 Å². The average Bonchev–Trinajstić information content (AvgIpc) is 3.05. The molecule has 0 saturated heterocycles. The highest BCUT2D eigenvalue weighted by Crippen LogP contribution is 2.25. The quantitative estimate of drug-likeness (QED) is 0.409. The Labute approximate surface area is 196 Å². The number of carbonyl (C=O) groups is 4. The van der Waals surface area contributed by atoms with Crippen molar-refractivity contribution in [3.05, 3.63) is 64.2 Å². The Bertz CT molecular complexity index is 1140. The van der Waals surface area contributed by atoms with Crippen LogP contribution in [0.25, 0.3) is 0 Å². The Hall–Kier alpha value is -3.70. The molecule has 0 fully saturated rings. The average molecular weight is 468 g/mol. The van der Waals surface area contributed by atoms with E-state index in [1.165, 1.54) is 28.0 Å². The molecule has 2 aromatic carbocycles. The standard InChI is InChI=1S/C24H22ClN3O5/c1-2-3-11-28-22(30)19-9-8-16(13-20(19)23(28)31)24(32)33-15-21(29)27(12-5-10-26)18-7-4-6-17(25)14-18/h4,6-9,13-14H,2-3,5,11-12,15H2,1H3. The summed E-state index contributed by atoms with van der Waals surface area (Å²) in [4.78, 5) is 52.8. The predicted molar refractivity (Wildman–Crippen MR) is 121 cm³/mol. The first-order chi connectivity index (χ1) is 15.9. The molecule has 8 nitrogen and oxygen atoms in total. The minimum Gasteiger partial charge on any atom is -0.452 e. The molecule has 9 heteroatoms. The Morgan fingerprint density at radius 3 is 2.58 bits per heavy atom. The number of hydrogen-bond donors (Lipinski definition) is 0. The molecule has 3 amide bonds. The van der Waals surface area contributed by atoms with Crippen LogP contribution in [-0.4, -0.2) is 48.3 Å². The Morgan fingerprint density at radius 1 is 1.12 bits per heavy atom. The van der Waals surface area contributed by atoms with Crippen LogP contribution in [0.15, 0.2) is 42.5 Å². The molecular weight excluding hydrogens is 446 g/mol. The van der Waals surface area contributed by atoms with Crippen molar-refractivity contribution in [1.29, 1.82) is 5.26 Å². The highest BCUT2D eigenvalue weighted by atomic mass is 35.5. The summed E-state index contributed by atoms with van der Waals surface area (Å²) >= 11 is 6.00. The number of unbranched alkanes of at least 4 members (excludes halogenated alkanes) is 1. The summed E-state index contributed by atoms with van der Waals surface area (Å²) in [6, 6.07) is 12.7. The molecule has 0 saturated carbocycles. The van der Waals surface area contributed by atoms with Gasteiger partial charge in [-0.25, -0.2) is 4.79 Å². The van der Waals surface area contributed by atoms with E-state index in [1.54, 1.807) is 24.3 Å². The molecule has 0 spiro atoms. The molecule has 2 aromatic rings. The number of anilines is 1. The fourth-order valence-electron chi connectivity index (χ4n) is 3.43. The number of nitrogens with zero attached hydrogens (tertiary/aromatic N) is 3. The van der Waals surface area contributed by atoms with Crippen molar-refractivity contribution in [1.82, 2.24) is 4.90 Å². The summed E-state index contributed by atoms with van der Waals surface area (Å²) in [6.45, 7) is 1.82. The van der Waals surface area contributed by atoms with Gasteiger partial charge in [0.2, 0.25) is 0 Å². The normalized spacial score (nSPS) is 12.3. The number of carbonyl (C=O) groups excluding carboxylic acids is 4. The lowest BCUT2D eigenvalue weighted by Gasteiger charge is -2.21. The first-order valence-electron chi connectivity index (χ1n) is 10.5. The van der Waals surface area contributed by atoms with Gasteiger partial charge in [0.05, 0.1) is 29.2 Å². The van der Waals surface area contributed by atoms with Gasteiger partial charge >= 0.3 is 5.97 Å². The monoisotopic (exact) mass is 467 g/mol. The second-order valence-corrected chi connectivity index (χ2v) is 7.82. The van der Waals surface area contributed by atoms with E-state index in [2.05, 4.69) is 0 Å². The number of nitriles is 1. The number of halogens is 1. The lowest BCUT2D eigenvalue weighted by atomic mass is 10.1. The van der Waals surface area contributed by atoms with Gasteiger partial charge in [0.25, 0.3) is 17.7 Å². The first kappa shape index (κ1) is 24.0. The molecule has 0 aromatic heterocycles.